The Morgan fingerprint density at radius 3 is 2.23 bits per heavy atom. The molecule has 0 aliphatic rings. The minimum atomic E-state index is -4.02. The van der Waals surface area contributed by atoms with Crippen LogP contribution in [0.3, 0.4) is 0 Å². The number of amides is 1. The normalized spacial score (nSPS) is 11.5. The molecule has 5 aromatic rings. The maximum Gasteiger partial charge on any atom is 0.273 e. The highest BCUT2D eigenvalue weighted by atomic mass is 35.5. The Morgan fingerprint density at radius 1 is 0.884 bits per heavy atom. The smallest absolute Gasteiger partial charge is 0.273 e. The van der Waals surface area contributed by atoms with E-state index in [9.17, 15) is 13.2 Å². The second-order valence-electron chi connectivity index (χ2n) is 9.78. The fourth-order valence-corrected chi connectivity index (χ4v) is 6.81. The molecule has 1 amide bonds. The quantitative estimate of drug-likeness (QED) is 0.135. The van der Waals surface area contributed by atoms with E-state index in [4.69, 9.17) is 23.2 Å². The maximum atomic E-state index is 13.9. The van der Waals surface area contributed by atoms with Gasteiger partial charge in [-0.2, -0.15) is 5.10 Å². The van der Waals surface area contributed by atoms with E-state index in [2.05, 4.69) is 10.5 Å². The number of para-hydroxylation sites is 1. The molecule has 0 aliphatic carbocycles. The van der Waals surface area contributed by atoms with Crippen LogP contribution in [0.5, 0.6) is 0 Å². The SMILES string of the molecule is Cc1cc(/C=N\NC(=O)c2ccccc2N(Cc2ccccc2)S(=O)(=O)c2ccccc2)c(C)n1-c1ccc(Cl)cc1Cl. The molecule has 4 aromatic carbocycles. The highest BCUT2D eigenvalue weighted by Crippen LogP contribution is 2.30. The third kappa shape index (κ3) is 6.51. The van der Waals surface area contributed by atoms with E-state index in [-0.39, 0.29) is 22.7 Å². The Kier molecular flexibility index (Phi) is 9.01. The Hall–Kier alpha value is -4.37. The number of benzene rings is 4. The van der Waals surface area contributed by atoms with E-state index in [0.717, 1.165) is 28.2 Å². The molecule has 0 fully saturated rings. The molecule has 1 heterocycles. The van der Waals surface area contributed by atoms with Crippen molar-refractivity contribution in [1.29, 1.82) is 0 Å². The van der Waals surface area contributed by atoms with Crippen LogP contribution < -0.4 is 9.73 Å². The summed E-state index contributed by atoms with van der Waals surface area (Å²) >= 11 is 12.5. The maximum absolute atomic E-state index is 13.9. The molecule has 1 aromatic heterocycles. The van der Waals surface area contributed by atoms with E-state index in [1.54, 1.807) is 60.8 Å². The lowest BCUT2D eigenvalue weighted by Gasteiger charge is -2.26. The fourth-order valence-electron chi connectivity index (χ4n) is 4.82. The summed E-state index contributed by atoms with van der Waals surface area (Å²) in [5.74, 6) is -0.553. The third-order valence-corrected chi connectivity index (χ3v) is 9.22. The number of anilines is 1. The molecular weight excluding hydrogens is 603 g/mol. The standard InChI is InChI=1S/C33H28Cl2N4O3S/c1-23-19-26(24(2)39(23)32-18-17-27(34)20-30(32)35)21-36-37-33(40)29-15-9-10-16-31(29)38(22-25-11-5-3-6-12-25)43(41,42)28-13-7-4-8-14-28/h3-21H,22H2,1-2H3,(H,37,40)/b36-21-. The van der Waals surface area contributed by atoms with Crippen molar-refractivity contribution in [3.8, 4) is 5.69 Å². The van der Waals surface area contributed by atoms with Gasteiger partial charge in [-0.3, -0.25) is 9.10 Å². The fraction of sp³-hybridized carbons (Fsp3) is 0.0909. The number of hydrazone groups is 1. The molecule has 0 saturated heterocycles. The van der Waals surface area contributed by atoms with Gasteiger partial charge >= 0.3 is 0 Å². The summed E-state index contributed by atoms with van der Waals surface area (Å²) in [5, 5.41) is 5.26. The average Bonchev–Trinajstić information content (AvgIpc) is 3.29. The molecule has 0 atom stereocenters. The van der Waals surface area contributed by atoms with Crippen molar-refractivity contribution in [2.24, 2.45) is 5.10 Å². The lowest BCUT2D eigenvalue weighted by atomic mass is 10.1. The Balaban J connectivity index is 1.45. The summed E-state index contributed by atoms with van der Waals surface area (Å²) in [5.41, 5.74) is 7.06. The Labute approximate surface area is 261 Å². The van der Waals surface area contributed by atoms with Crippen LogP contribution in [-0.4, -0.2) is 25.1 Å². The van der Waals surface area contributed by atoms with Crippen molar-refractivity contribution in [2.75, 3.05) is 4.31 Å². The second kappa shape index (κ2) is 12.9. The number of aryl methyl sites for hydroxylation is 1. The van der Waals surface area contributed by atoms with Crippen LogP contribution in [0.25, 0.3) is 5.69 Å². The topological polar surface area (TPSA) is 83.8 Å². The van der Waals surface area contributed by atoms with E-state index < -0.39 is 15.9 Å². The molecule has 0 saturated carbocycles. The van der Waals surface area contributed by atoms with Crippen LogP contribution in [0.15, 0.2) is 119 Å². The predicted molar refractivity (Wildman–Crippen MR) is 173 cm³/mol. The van der Waals surface area contributed by atoms with Crippen LogP contribution in [0, 0.1) is 13.8 Å². The Morgan fingerprint density at radius 2 is 1.53 bits per heavy atom. The number of halogens is 2. The van der Waals surface area contributed by atoms with Gasteiger partial charge in [-0.05, 0) is 67.9 Å². The number of carbonyl (C=O) groups excluding carboxylic acids is 1. The molecule has 0 unspecified atom stereocenters. The second-order valence-corrected chi connectivity index (χ2v) is 12.5. The first-order valence-corrected chi connectivity index (χ1v) is 15.5. The number of hydrogen-bond donors (Lipinski definition) is 1. The number of aromatic nitrogens is 1. The van der Waals surface area contributed by atoms with Gasteiger partial charge in [0.15, 0.2) is 0 Å². The van der Waals surface area contributed by atoms with Gasteiger partial charge in [0.05, 0.1) is 39.6 Å². The van der Waals surface area contributed by atoms with Gasteiger partial charge in [0.2, 0.25) is 0 Å². The summed E-state index contributed by atoms with van der Waals surface area (Å²) in [6.07, 6.45) is 1.55. The molecule has 7 nitrogen and oxygen atoms in total. The monoisotopic (exact) mass is 630 g/mol. The summed E-state index contributed by atoms with van der Waals surface area (Å²) in [7, 11) is -4.02. The molecule has 0 radical (unpaired) electrons. The molecule has 218 valence electrons. The number of hydrogen-bond acceptors (Lipinski definition) is 4. The molecule has 5 rings (SSSR count). The highest BCUT2D eigenvalue weighted by Gasteiger charge is 2.28. The van der Waals surface area contributed by atoms with Crippen LogP contribution in [0.2, 0.25) is 10.0 Å². The predicted octanol–water partition coefficient (Wildman–Crippen LogP) is 7.56. The van der Waals surface area contributed by atoms with Crippen molar-refractivity contribution in [1.82, 2.24) is 9.99 Å². The molecule has 1 N–H and O–H groups in total. The molecule has 0 spiro atoms. The van der Waals surface area contributed by atoms with Crippen molar-refractivity contribution >= 4 is 51.0 Å². The van der Waals surface area contributed by atoms with Gasteiger partial charge in [0, 0.05) is 22.0 Å². The number of sulfonamides is 1. The molecular formula is C33H28Cl2N4O3S. The van der Waals surface area contributed by atoms with E-state index in [1.165, 1.54) is 16.4 Å². The molecule has 0 bridgehead atoms. The van der Waals surface area contributed by atoms with Gasteiger partial charge in [-0.1, -0.05) is 83.9 Å². The lowest BCUT2D eigenvalue weighted by molar-refractivity contribution is 0.0955. The molecule has 10 heteroatoms. The third-order valence-electron chi connectivity index (χ3n) is 6.91. The van der Waals surface area contributed by atoms with E-state index in [0.29, 0.717) is 10.0 Å². The van der Waals surface area contributed by atoms with Gasteiger partial charge < -0.3 is 4.57 Å². The van der Waals surface area contributed by atoms with E-state index in [1.807, 2.05) is 60.9 Å². The number of carbonyl (C=O) groups is 1. The zero-order chi connectivity index (χ0) is 30.6. The van der Waals surface area contributed by atoms with Crippen molar-refractivity contribution in [3.05, 3.63) is 147 Å². The summed E-state index contributed by atoms with van der Waals surface area (Å²) in [4.78, 5) is 13.6. The Bertz CT molecular complexity index is 1910. The van der Waals surface area contributed by atoms with Gasteiger partial charge in [0.25, 0.3) is 15.9 Å². The van der Waals surface area contributed by atoms with Crippen LogP contribution >= 0.6 is 23.2 Å². The first-order chi connectivity index (χ1) is 20.7. The van der Waals surface area contributed by atoms with Gasteiger partial charge in [0.1, 0.15) is 0 Å². The summed E-state index contributed by atoms with van der Waals surface area (Å²) in [6, 6.07) is 31.2. The van der Waals surface area contributed by atoms with Crippen molar-refractivity contribution in [2.45, 2.75) is 25.3 Å². The number of nitrogens with one attached hydrogen (secondary N) is 1. The first-order valence-electron chi connectivity index (χ1n) is 13.4. The number of nitrogens with zero attached hydrogens (tertiary/aromatic N) is 3. The first kappa shape index (κ1) is 30.1. The van der Waals surface area contributed by atoms with Crippen LogP contribution in [0.1, 0.15) is 32.9 Å². The average molecular weight is 632 g/mol. The summed E-state index contributed by atoms with van der Waals surface area (Å²) < 4.78 is 31.0. The zero-order valence-corrected chi connectivity index (χ0v) is 25.7. The summed E-state index contributed by atoms with van der Waals surface area (Å²) in [6.45, 7) is 3.90. The van der Waals surface area contributed by atoms with Gasteiger partial charge in [-0.25, -0.2) is 13.8 Å². The van der Waals surface area contributed by atoms with Crippen molar-refractivity contribution < 1.29 is 13.2 Å². The van der Waals surface area contributed by atoms with Crippen LogP contribution in [0.4, 0.5) is 5.69 Å². The van der Waals surface area contributed by atoms with Crippen molar-refractivity contribution in [3.63, 3.8) is 0 Å². The molecule has 43 heavy (non-hydrogen) atoms. The minimum absolute atomic E-state index is 0.0326. The largest absolute Gasteiger partial charge is 0.316 e. The molecule has 0 aliphatic heterocycles. The zero-order valence-electron chi connectivity index (χ0n) is 23.4. The lowest BCUT2D eigenvalue weighted by Crippen LogP contribution is -2.33. The minimum Gasteiger partial charge on any atom is -0.316 e. The van der Waals surface area contributed by atoms with E-state index >= 15 is 0 Å². The highest BCUT2D eigenvalue weighted by molar-refractivity contribution is 7.92. The van der Waals surface area contributed by atoms with Crippen LogP contribution in [-0.2, 0) is 16.6 Å². The van der Waals surface area contributed by atoms with Gasteiger partial charge in [-0.15, -0.1) is 0 Å². The number of rotatable bonds is 9.